The first-order valence-electron chi connectivity index (χ1n) is 7.22. The Hall–Kier alpha value is -1.50. The van der Waals surface area contributed by atoms with Crippen LogP contribution in [0.4, 0.5) is 0 Å². The Bertz CT molecular complexity index is 721. The third-order valence-corrected chi connectivity index (χ3v) is 5.11. The molecular formula is C15H19N3O2S. The fourth-order valence-electron chi connectivity index (χ4n) is 2.29. The van der Waals surface area contributed by atoms with Gasteiger partial charge in [0.2, 0.25) is 10.0 Å². The third kappa shape index (κ3) is 3.58. The molecule has 0 spiro atoms. The van der Waals surface area contributed by atoms with Gasteiger partial charge in [-0.3, -0.25) is 4.98 Å². The Balaban J connectivity index is 1.67. The zero-order valence-electron chi connectivity index (χ0n) is 11.7. The highest BCUT2D eigenvalue weighted by molar-refractivity contribution is 7.89. The molecule has 1 fully saturated rings. The van der Waals surface area contributed by atoms with Gasteiger partial charge in [-0.25, -0.2) is 13.1 Å². The molecule has 0 aliphatic heterocycles. The molecule has 1 heterocycles. The molecular weight excluding hydrogens is 286 g/mol. The Morgan fingerprint density at radius 1 is 1.19 bits per heavy atom. The summed E-state index contributed by atoms with van der Waals surface area (Å²) in [6, 6.07) is 7.63. The molecule has 1 aliphatic carbocycles. The van der Waals surface area contributed by atoms with Crippen LogP contribution in [0.15, 0.2) is 41.6 Å². The first-order valence-corrected chi connectivity index (χ1v) is 8.71. The van der Waals surface area contributed by atoms with Crippen molar-refractivity contribution in [2.24, 2.45) is 0 Å². The predicted molar refractivity (Wildman–Crippen MR) is 82.6 cm³/mol. The van der Waals surface area contributed by atoms with Gasteiger partial charge in [-0.2, -0.15) is 0 Å². The van der Waals surface area contributed by atoms with Gasteiger partial charge < -0.3 is 5.32 Å². The summed E-state index contributed by atoms with van der Waals surface area (Å²) < 4.78 is 27.5. The van der Waals surface area contributed by atoms with Crippen molar-refractivity contribution in [1.29, 1.82) is 0 Å². The fraction of sp³-hybridized carbons (Fsp3) is 0.400. The highest BCUT2D eigenvalue weighted by Crippen LogP contribution is 2.21. The first-order chi connectivity index (χ1) is 10.2. The molecule has 3 rings (SSSR count). The standard InChI is InChI=1S/C15H19N3O2S/c19-21(20,18-9-2-8-17-13-5-6-13)15-4-1-3-12-11-16-10-7-14(12)15/h1,3-4,7,10-11,13,17-18H,2,5-6,8-9H2. The predicted octanol–water partition coefficient (Wildman–Crippen LogP) is 1.66. The summed E-state index contributed by atoms with van der Waals surface area (Å²) in [6.45, 7) is 1.30. The molecule has 0 radical (unpaired) electrons. The maximum atomic E-state index is 12.4. The zero-order chi connectivity index (χ0) is 14.7. The number of pyridine rings is 1. The second-order valence-corrected chi connectivity index (χ2v) is 7.07. The van der Waals surface area contributed by atoms with E-state index in [0.717, 1.165) is 18.4 Å². The van der Waals surface area contributed by atoms with Crippen molar-refractivity contribution in [3.05, 3.63) is 36.7 Å². The maximum Gasteiger partial charge on any atom is 0.241 e. The van der Waals surface area contributed by atoms with Gasteiger partial charge in [-0.05, 0) is 37.9 Å². The minimum Gasteiger partial charge on any atom is -0.314 e. The van der Waals surface area contributed by atoms with Gasteiger partial charge in [0.05, 0.1) is 4.90 Å². The largest absolute Gasteiger partial charge is 0.314 e. The van der Waals surface area contributed by atoms with Crippen LogP contribution in [-0.2, 0) is 10.0 Å². The zero-order valence-corrected chi connectivity index (χ0v) is 12.6. The molecule has 0 amide bonds. The van der Waals surface area contributed by atoms with Crippen LogP contribution in [0.3, 0.4) is 0 Å². The van der Waals surface area contributed by atoms with Crippen LogP contribution in [0.5, 0.6) is 0 Å². The van der Waals surface area contributed by atoms with E-state index in [1.54, 1.807) is 30.6 Å². The Kier molecular flexibility index (Phi) is 4.19. The molecule has 21 heavy (non-hydrogen) atoms. The van der Waals surface area contributed by atoms with Crippen molar-refractivity contribution >= 4 is 20.8 Å². The summed E-state index contributed by atoms with van der Waals surface area (Å²) in [4.78, 5) is 4.34. The molecule has 0 saturated heterocycles. The molecule has 1 aliphatic rings. The van der Waals surface area contributed by atoms with Crippen LogP contribution in [0.25, 0.3) is 10.8 Å². The SMILES string of the molecule is O=S(=O)(NCCCNC1CC1)c1cccc2cnccc12. The van der Waals surface area contributed by atoms with Crippen molar-refractivity contribution in [3.8, 4) is 0 Å². The number of nitrogens with zero attached hydrogens (tertiary/aromatic N) is 1. The lowest BCUT2D eigenvalue weighted by Crippen LogP contribution is -2.28. The molecule has 1 aromatic carbocycles. The van der Waals surface area contributed by atoms with Crippen LogP contribution < -0.4 is 10.0 Å². The number of benzene rings is 1. The molecule has 6 heteroatoms. The van der Waals surface area contributed by atoms with Crippen molar-refractivity contribution < 1.29 is 8.42 Å². The lowest BCUT2D eigenvalue weighted by molar-refractivity contribution is 0.574. The average molecular weight is 305 g/mol. The fourth-order valence-corrected chi connectivity index (χ4v) is 3.60. The number of sulfonamides is 1. The third-order valence-electron chi connectivity index (χ3n) is 3.59. The number of fused-ring (bicyclic) bond motifs is 1. The van der Waals surface area contributed by atoms with E-state index in [2.05, 4.69) is 15.0 Å². The van der Waals surface area contributed by atoms with Crippen molar-refractivity contribution in [1.82, 2.24) is 15.0 Å². The number of aromatic nitrogens is 1. The topological polar surface area (TPSA) is 71.1 Å². The molecule has 1 saturated carbocycles. The number of rotatable bonds is 7. The molecule has 0 bridgehead atoms. The average Bonchev–Trinajstić information content (AvgIpc) is 3.30. The van der Waals surface area contributed by atoms with Crippen LogP contribution in [0, 0.1) is 0 Å². The van der Waals surface area contributed by atoms with Gasteiger partial charge in [0.25, 0.3) is 0 Å². The molecule has 2 N–H and O–H groups in total. The van der Waals surface area contributed by atoms with Gasteiger partial charge >= 0.3 is 0 Å². The van der Waals surface area contributed by atoms with Gasteiger partial charge in [-0.15, -0.1) is 0 Å². The lowest BCUT2D eigenvalue weighted by Gasteiger charge is -2.09. The van der Waals surface area contributed by atoms with Crippen LogP contribution in [0.2, 0.25) is 0 Å². The lowest BCUT2D eigenvalue weighted by atomic mass is 10.2. The molecule has 112 valence electrons. The quantitative estimate of drug-likeness (QED) is 0.763. The normalized spacial score (nSPS) is 15.4. The molecule has 1 aromatic heterocycles. The highest BCUT2D eigenvalue weighted by atomic mass is 32.2. The molecule has 2 aromatic rings. The Morgan fingerprint density at radius 2 is 2.05 bits per heavy atom. The van der Waals surface area contributed by atoms with E-state index in [1.165, 1.54) is 12.8 Å². The monoisotopic (exact) mass is 305 g/mol. The highest BCUT2D eigenvalue weighted by Gasteiger charge is 2.20. The maximum absolute atomic E-state index is 12.4. The van der Waals surface area contributed by atoms with Crippen molar-refractivity contribution in [2.75, 3.05) is 13.1 Å². The van der Waals surface area contributed by atoms with Crippen LogP contribution >= 0.6 is 0 Å². The first kappa shape index (κ1) is 14.4. The van der Waals surface area contributed by atoms with E-state index < -0.39 is 10.0 Å². The van der Waals surface area contributed by atoms with E-state index >= 15 is 0 Å². The summed E-state index contributed by atoms with van der Waals surface area (Å²) in [5.74, 6) is 0. The summed E-state index contributed by atoms with van der Waals surface area (Å²) in [7, 11) is -3.48. The van der Waals surface area contributed by atoms with Gasteiger partial charge in [-0.1, -0.05) is 12.1 Å². The van der Waals surface area contributed by atoms with E-state index in [-0.39, 0.29) is 0 Å². The molecule has 0 unspecified atom stereocenters. The summed E-state index contributed by atoms with van der Waals surface area (Å²) in [5.41, 5.74) is 0. The van der Waals surface area contributed by atoms with E-state index in [0.29, 0.717) is 22.9 Å². The number of hydrogen-bond donors (Lipinski definition) is 2. The summed E-state index contributed by atoms with van der Waals surface area (Å²) in [6.07, 6.45) is 6.57. The van der Waals surface area contributed by atoms with E-state index in [1.807, 2.05) is 6.07 Å². The minimum absolute atomic E-state index is 0.317. The van der Waals surface area contributed by atoms with Gasteiger partial charge in [0.15, 0.2) is 0 Å². The van der Waals surface area contributed by atoms with Gasteiger partial charge in [0.1, 0.15) is 0 Å². The minimum atomic E-state index is -3.48. The summed E-state index contributed by atoms with van der Waals surface area (Å²) >= 11 is 0. The Morgan fingerprint density at radius 3 is 2.86 bits per heavy atom. The second-order valence-electron chi connectivity index (χ2n) is 5.33. The van der Waals surface area contributed by atoms with Crippen LogP contribution in [0.1, 0.15) is 19.3 Å². The number of nitrogens with one attached hydrogen (secondary N) is 2. The molecule has 5 nitrogen and oxygen atoms in total. The van der Waals surface area contributed by atoms with E-state index in [4.69, 9.17) is 0 Å². The van der Waals surface area contributed by atoms with Gasteiger partial charge in [0, 0.05) is 35.8 Å². The van der Waals surface area contributed by atoms with Crippen molar-refractivity contribution in [2.45, 2.75) is 30.2 Å². The summed E-state index contributed by atoms with van der Waals surface area (Å²) in [5, 5.41) is 4.90. The Labute approximate surface area is 124 Å². The van der Waals surface area contributed by atoms with Crippen LogP contribution in [-0.4, -0.2) is 32.5 Å². The number of hydrogen-bond acceptors (Lipinski definition) is 4. The van der Waals surface area contributed by atoms with Crippen molar-refractivity contribution in [3.63, 3.8) is 0 Å². The van der Waals surface area contributed by atoms with E-state index in [9.17, 15) is 8.42 Å². The second kappa shape index (κ2) is 6.09. The smallest absolute Gasteiger partial charge is 0.241 e. The molecule has 0 atom stereocenters.